The number of rotatable bonds is 30. The van der Waals surface area contributed by atoms with Crippen molar-refractivity contribution in [1.82, 2.24) is 31.9 Å². The molecule has 0 heterocycles. The van der Waals surface area contributed by atoms with E-state index in [1.807, 2.05) is 5.32 Å². The Morgan fingerprint density at radius 2 is 1.16 bits per heavy atom. The van der Waals surface area contributed by atoms with E-state index < -0.39 is 109 Å². The lowest BCUT2D eigenvalue weighted by atomic mass is 9.97. The number of guanidine groups is 1. The van der Waals surface area contributed by atoms with Gasteiger partial charge in [0.25, 0.3) is 0 Å². The van der Waals surface area contributed by atoms with Crippen LogP contribution in [0.3, 0.4) is 0 Å². The Bertz CT molecular complexity index is 1360. The predicted molar refractivity (Wildman–Crippen MR) is 207 cm³/mol. The summed E-state index contributed by atoms with van der Waals surface area (Å²) in [5, 5.41) is 43.2. The van der Waals surface area contributed by atoms with Crippen molar-refractivity contribution in [2.24, 2.45) is 39.6 Å². The zero-order valence-electron chi connectivity index (χ0n) is 33.0. The Balaban J connectivity index is 6.04. The van der Waals surface area contributed by atoms with Gasteiger partial charge in [-0.05, 0) is 77.3 Å². The van der Waals surface area contributed by atoms with Crippen LogP contribution in [0.1, 0.15) is 85.0 Å². The third-order valence-electron chi connectivity index (χ3n) is 8.76. The average molecular weight is 817 g/mol. The molecule has 8 atom stereocenters. The van der Waals surface area contributed by atoms with Crippen LogP contribution in [0.15, 0.2) is 4.99 Å². The van der Waals surface area contributed by atoms with Crippen molar-refractivity contribution in [1.29, 1.82) is 0 Å². The molecule has 6 amide bonds. The number of amides is 6. The van der Waals surface area contributed by atoms with Gasteiger partial charge in [0, 0.05) is 6.54 Å². The number of unbranched alkanes of at least 4 members (excludes halogenated alkanes) is 2. The summed E-state index contributed by atoms with van der Waals surface area (Å²) in [6.07, 6.45) is 0.213. The Morgan fingerprint density at radius 1 is 0.649 bits per heavy atom. The molecular formula is C34H64N12O11. The molecule has 0 unspecified atom stereocenters. The second-order valence-electron chi connectivity index (χ2n) is 13.6. The van der Waals surface area contributed by atoms with Crippen LogP contribution in [0.2, 0.25) is 0 Å². The number of hydrogen-bond donors (Lipinski definition) is 14. The Morgan fingerprint density at radius 3 is 1.63 bits per heavy atom. The molecule has 0 aliphatic carbocycles. The molecule has 0 saturated heterocycles. The van der Waals surface area contributed by atoms with Crippen LogP contribution in [-0.4, -0.2) is 137 Å². The molecule has 0 fully saturated rings. The quantitative estimate of drug-likeness (QED) is 0.0184. The van der Waals surface area contributed by atoms with Crippen LogP contribution in [0.25, 0.3) is 0 Å². The summed E-state index contributed by atoms with van der Waals surface area (Å²) in [6.45, 7) is 4.91. The van der Waals surface area contributed by atoms with Gasteiger partial charge in [-0.25, -0.2) is 4.79 Å². The maximum atomic E-state index is 13.8. The van der Waals surface area contributed by atoms with Crippen LogP contribution in [0.4, 0.5) is 0 Å². The van der Waals surface area contributed by atoms with E-state index in [4.69, 9.17) is 33.8 Å². The average Bonchev–Trinajstić information content (AvgIpc) is 3.14. The number of carboxylic acids is 2. The maximum Gasteiger partial charge on any atom is 0.326 e. The lowest BCUT2D eigenvalue weighted by Gasteiger charge is -2.29. The molecule has 0 aliphatic heterocycles. The fraction of sp³-hybridized carbons (Fsp3) is 0.735. The number of nitrogens with zero attached hydrogens (tertiary/aromatic N) is 1. The maximum absolute atomic E-state index is 13.8. The molecule has 0 radical (unpaired) electrons. The topological polar surface area (TPSA) is 412 Å². The van der Waals surface area contributed by atoms with Crippen LogP contribution < -0.4 is 60.6 Å². The van der Waals surface area contributed by atoms with Gasteiger partial charge in [0.15, 0.2) is 5.96 Å². The van der Waals surface area contributed by atoms with Crippen molar-refractivity contribution in [3.05, 3.63) is 0 Å². The van der Waals surface area contributed by atoms with Gasteiger partial charge in [0.05, 0.1) is 25.1 Å². The van der Waals surface area contributed by atoms with Crippen molar-refractivity contribution in [2.45, 2.75) is 127 Å². The second kappa shape index (κ2) is 28.3. The highest BCUT2D eigenvalue weighted by Crippen LogP contribution is 2.11. The monoisotopic (exact) mass is 816 g/mol. The van der Waals surface area contributed by atoms with Crippen molar-refractivity contribution >= 4 is 53.3 Å². The highest BCUT2D eigenvalue weighted by atomic mass is 16.4. The normalized spacial score (nSPS) is 15.1. The van der Waals surface area contributed by atoms with Gasteiger partial charge in [-0.2, -0.15) is 0 Å². The Kier molecular flexibility index (Phi) is 25.7. The van der Waals surface area contributed by atoms with E-state index in [1.54, 1.807) is 13.8 Å². The van der Waals surface area contributed by atoms with Gasteiger partial charge in [0.1, 0.15) is 30.2 Å². The number of carbonyl (C=O) groups excluding carboxylic acids is 6. The predicted octanol–water partition coefficient (Wildman–Crippen LogP) is -4.85. The highest BCUT2D eigenvalue weighted by molar-refractivity contribution is 5.97. The fourth-order valence-electron chi connectivity index (χ4n) is 5.23. The number of nitrogens with one attached hydrogen (secondary N) is 6. The highest BCUT2D eigenvalue weighted by Gasteiger charge is 2.35. The molecule has 0 aromatic rings. The van der Waals surface area contributed by atoms with E-state index in [2.05, 4.69) is 31.6 Å². The smallest absolute Gasteiger partial charge is 0.326 e. The summed E-state index contributed by atoms with van der Waals surface area (Å²) in [5.74, 6) is -8.68. The minimum Gasteiger partial charge on any atom is -0.481 e. The molecular weight excluding hydrogens is 752 g/mol. The molecule has 0 aliphatic rings. The molecule has 23 nitrogen and oxygen atoms in total. The van der Waals surface area contributed by atoms with Gasteiger partial charge in [-0.1, -0.05) is 20.3 Å². The molecule has 0 aromatic carbocycles. The van der Waals surface area contributed by atoms with Gasteiger partial charge in [-0.15, -0.1) is 0 Å². The third kappa shape index (κ3) is 21.7. The number of carboxylic acid groups (broad SMARTS) is 2. The summed E-state index contributed by atoms with van der Waals surface area (Å²) in [5.41, 5.74) is 27.7. The summed E-state index contributed by atoms with van der Waals surface area (Å²) in [4.78, 5) is 106. The largest absolute Gasteiger partial charge is 0.481 e. The van der Waals surface area contributed by atoms with Gasteiger partial charge >= 0.3 is 11.9 Å². The first-order valence-electron chi connectivity index (χ1n) is 18.9. The van der Waals surface area contributed by atoms with Gasteiger partial charge in [-0.3, -0.25) is 38.6 Å². The molecule has 19 N–H and O–H groups in total. The van der Waals surface area contributed by atoms with Crippen molar-refractivity contribution in [3.63, 3.8) is 0 Å². The number of hydrogen-bond acceptors (Lipinski definition) is 13. The molecule has 23 heteroatoms. The molecule has 0 spiro atoms. The summed E-state index contributed by atoms with van der Waals surface area (Å²) in [7, 11) is 0. The molecule has 57 heavy (non-hydrogen) atoms. The first kappa shape index (κ1) is 51.9. The van der Waals surface area contributed by atoms with E-state index in [0.717, 1.165) is 6.92 Å². The van der Waals surface area contributed by atoms with Crippen LogP contribution in [-0.2, 0) is 38.4 Å². The Labute approximate surface area is 331 Å². The first-order valence-corrected chi connectivity index (χ1v) is 18.9. The summed E-state index contributed by atoms with van der Waals surface area (Å²) in [6, 6.07) is -8.30. The van der Waals surface area contributed by atoms with E-state index in [9.17, 15) is 48.6 Å². The standard InChI is InChI=1S/C34H64N12O11/c1-4-18(2)26(45-24(48)17-41-28(51)20(37)10-9-15-40-34(38)39)31(54)43-21(11-5-7-13-35)29(52)42-22(12-6-8-14-36)30(53)46-27(19(3)47)32(55)44-23(33(56)57)16-25(49)50/h18-23,26-27,47H,4-17,35-37H2,1-3H3,(H,41,51)(H,42,52)(H,43,54)(H,44,55)(H,45,48)(H,46,53)(H,49,50)(H,56,57)(H4,38,39,40)/t18-,19+,20-,21-,22-,23-,26-,27-/m0/s1. The minimum atomic E-state index is -1.87. The zero-order valence-corrected chi connectivity index (χ0v) is 33.0. The number of nitrogens with two attached hydrogens (primary N) is 5. The van der Waals surface area contributed by atoms with Gasteiger partial charge < -0.3 is 75.9 Å². The van der Waals surface area contributed by atoms with E-state index >= 15 is 0 Å². The number of aliphatic imine (C=N–C) groups is 1. The summed E-state index contributed by atoms with van der Waals surface area (Å²) < 4.78 is 0. The van der Waals surface area contributed by atoms with Crippen LogP contribution in [0, 0.1) is 5.92 Å². The number of aliphatic hydroxyl groups is 1. The fourth-order valence-corrected chi connectivity index (χ4v) is 5.23. The number of aliphatic hydroxyl groups excluding tert-OH is 1. The summed E-state index contributed by atoms with van der Waals surface area (Å²) >= 11 is 0. The number of aliphatic carboxylic acids is 2. The molecule has 0 bridgehead atoms. The van der Waals surface area contributed by atoms with Crippen LogP contribution >= 0.6 is 0 Å². The third-order valence-corrected chi connectivity index (χ3v) is 8.76. The lowest BCUT2D eigenvalue weighted by Crippen LogP contribution is -2.61. The molecule has 0 aromatic heterocycles. The van der Waals surface area contributed by atoms with Crippen molar-refractivity contribution in [2.75, 3.05) is 26.2 Å². The molecule has 326 valence electrons. The van der Waals surface area contributed by atoms with E-state index in [-0.39, 0.29) is 44.9 Å². The lowest BCUT2D eigenvalue weighted by molar-refractivity contribution is -0.148. The number of carbonyl (C=O) groups is 8. The van der Waals surface area contributed by atoms with Gasteiger partial charge in [0.2, 0.25) is 35.4 Å². The van der Waals surface area contributed by atoms with Crippen molar-refractivity contribution in [3.8, 4) is 0 Å². The first-order chi connectivity index (χ1) is 26.8. The second-order valence-corrected chi connectivity index (χ2v) is 13.6. The molecule has 0 rings (SSSR count). The van der Waals surface area contributed by atoms with E-state index in [0.29, 0.717) is 38.5 Å². The van der Waals surface area contributed by atoms with Crippen LogP contribution in [0.5, 0.6) is 0 Å². The zero-order chi connectivity index (χ0) is 43.7. The minimum absolute atomic E-state index is 0.000347. The SMILES string of the molecule is CC[C@H](C)[C@H](NC(=O)CNC(=O)[C@@H](N)CCCN=C(N)N)C(=O)N[C@@H](CCCCN)C(=O)N[C@@H](CCCCN)C(=O)N[C@H](C(=O)N[C@@H](CC(=O)O)C(=O)O)[C@@H](C)O. The van der Waals surface area contributed by atoms with Crippen molar-refractivity contribution < 1.29 is 53.7 Å². The molecule has 0 saturated carbocycles. The Hall–Kier alpha value is -5.13. The van der Waals surface area contributed by atoms with E-state index in [1.165, 1.54) is 0 Å².